The van der Waals surface area contributed by atoms with Crippen molar-refractivity contribution in [2.75, 3.05) is 58.8 Å². The largest absolute Gasteiger partial charge is 0.465 e. The fourth-order valence-electron chi connectivity index (χ4n) is 5.40. The molecule has 12 heteroatoms. The number of morpholine rings is 1. The monoisotopic (exact) mass is 539 g/mol. The van der Waals surface area contributed by atoms with Gasteiger partial charge in [-0.15, -0.1) is 0 Å². The molecule has 4 heterocycles. The number of nitrogens with zero attached hydrogens (tertiary/aromatic N) is 5. The average molecular weight is 540 g/mol. The minimum atomic E-state index is -0.466. The van der Waals surface area contributed by atoms with Crippen LogP contribution in [0.1, 0.15) is 48.2 Å². The molecule has 0 aliphatic carbocycles. The summed E-state index contributed by atoms with van der Waals surface area (Å²) in [5, 5.41) is 0. The number of rotatable bonds is 10. The highest BCUT2D eigenvalue weighted by Crippen LogP contribution is 2.31. The van der Waals surface area contributed by atoms with Crippen LogP contribution >= 0.6 is 0 Å². The maximum atomic E-state index is 12.9. The molecule has 210 valence electrons. The van der Waals surface area contributed by atoms with E-state index in [2.05, 4.69) is 38.6 Å². The number of carbonyl (C=O) groups is 1. The second-order valence-electron chi connectivity index (χ2n) is 10.3. The van der Waals surface area contributed by atoms with Gasteiger partial charge >= 0.3 is 17.7 Å². The molecule has 2 saturated heterocycles. The van der Waals surface area contributed by atoms with Crippen molar-refractivity contribution in [3.63, 3.8) is 0 Å². The van der Waals surface area contributed by atoms with Crippen LogP contribution < -0.4 is 16.2 Å². The number of methoxy groups -OCH3 is 1. The first-order chi connectivity index (χ1) is 18.8. The molecule has 2 aliphatic heterocycles. The van der Waals surface area contributed by atoms with E-state index in [1.54, 1.807) is 0 Å². The van der Waals surface area contributed by atoms with Crippen LogP contribution in [0.15, 0.2) is 23.0 Å². The molecule has 0 bridgehead atoms. The van der Waals surface area contributed by atoms with Gasteiger partial charge < -0.3 is 24.9 Å². The number of aromatic nitrogens is 4. The number of nitrogen functional groups attached to an aromatic ring is 1. The lowest BCUT2D eigenvalue weighted by Crippen LogP contribution is -2.69. The Morgan fingerprint density at radius 2 is 1.97 bits per heavy atom. The molecule has 3 N–H and O–H groups in total. The van der Waals surface area contributed by atoms with Gasteiger partial charge in [0, 0.05) is 32.7 Å². The van der Waals surface area contributed by atoms with Gasteiger partial charge in [0.2, 0.25) is 0 Å². The first kappa shape index (κ1) is 27.1. The standard InChI is InChI=1S/C27H37N7O5/c1-4-6-10-38-25-30-22(28)21-23(31-25)34(26(36)29-21)14-19-8-7-18(12-20(19)24(35)37-3)13-33-16-27(17-33)15-32(5-2)9-11-39-27/h7-8,12H,4-6,9-11,13-17H2,1-3H3,(H,29,36)(H2,28,30,31). The summed E-state index contributed by atoms with van der Waals surface area (Å²) in [7, 11) is 1.35. The summed E-state index contributed by atoms with van der Waals surface area (Å²) >= 11 is 0. The fraction of sp³-hybridized carbons (Fsp3) is 0.556. The van der Waals surface area contributed by atoms with E-state index in [0.29, 0.717) is 35.4 Å². The Labute approximate surface area is 227 Å². The van der Waals surface area contributed by atoms with E-state index in [1.165, 1.54) is 11.7 Å². The Morgan fingerprint density at radius 1 is 1.18 bits per heavy atom. The number of hydrogen-bond donors (Lipinski definition) is 2. The molecule has 0 amide bonds. The zero-order chi connectivity index (χ0) is 27.6. The third-order valence-electron chi connectivity index (χ3n) is 7.47. The normalized spacial score (nSPS) is 17.4. The molecule has 0 atom stereocenters. The molecule has 0 saturated carbocycles. The second-order valence-corrected chi connectivity index (χ2v) is 10.3. The molecular weight excluding hydrogens is 502 g/mol. The number of aromatic amines is 1. The summed E-state index contributed by atoms with van der Waals surface area (Å²) in [5.41, 5.74) is 8.25. The number of benzene rings is 1. The molecule has 2 aromatic heterocycles. The Bertz CT molecular complexity index is 1400. The van der Waals surface area contributed by atoms with Crippen molar-refractivity contribution >= 4 is 23.0 Å². The van der Waals surface area contributed by atoms with Gasteiger partial charge in [-0.1, -0.05) is 32.4 Å². The first-order valence-corrected chi connectivity index (χ1v) is 13.5. The molecule has 5 rings (SSSR count). The smallest absolute Gasteiger partial charge is 0.338 e. The molecule has 2 aliphatic rings. The Morgan fingerprint density at radius 3 is 2.72 bits per heavy atom. The van der Waals surface area contributed by atoms with Crippen LogP contribution in [0.3, 0.4) is 0 Å². The molecular formula is C27H37N7O5. The molecule has 1 aromatic carbocycles. The van der Waals surface area contributed by atoms with Crippen LogP contribution in [0.5, 0.6) is 6.01 Å². The van der Waals surface area contributed by atoms with Crippen LogP contribution in [0, 0.1) is 0 Å². The lowest BCUT2D eigenvalue weighted by molar-refractivity contribution is -0.185. The topological polar surface area (TPSA) is 141 Å². The predicted octanol–water partition coefficient (Wildman–Crippen LogP) is 1.62. The number of likely N-dealkylation sites (N-methyl/N-ethyl adjacent to an activating group) is 1. The summed E-state index contributed by atoms with van der Waals surface area (Å²) in [5.74, 6) is -0.339. The number of unbranched alkanes of at least 4 members (excludes halogenated alkanes) is 1. The van der Waals surface area contributed by atoms with Gasteiger partial charge in [0.15, 0.2) is 11.5 Å². The van der Waals surface area contributed by atoms with E-state index in [4.69, 9.17) is 19.9 Å². The first-order valence-electron chi connectivity index (χ1n) is 13.5. The zero-order valence-corrected chi connectivity index (χ0v) is 22.9. The number of imidazole rings is 1. The summed E-state index contributed by atoms with van der Waals surface area (Å²) in [6.07, 6.45) is 1.81. The van der Waals surface area contributed by atoms with Crippen molar-refractivity contribution in [3.05, 3.63) is 45.4 Å². The van der Waals surface area contributed by atoms with Crippen molar-refractivity contribution in [2.45, 2.75) is 45.4 Å². The van der Waals surface area contributed by atoms with Gasteiger partial charge in [0.1, 0.15) is 11.1 Å². The van der Waals surface area contributed by atoms with E-state index >= 15 is 0 Å². The number of ether oxygens (including phenoxy) is 3. The van der Waals surface area contributed by atoms with Crippen LogP contribution in [0.2, 0.25) is 0 Å². The van der Waals surface area contributed by atoms with Crippen molar-refractivity contribution in [2.24, 2.45) is 0 Å². The minimum absolute atomic E-state index is 0.0985. The van der Waals surface area contributed by atoms with Crippen LogP contribution in [-0.4, -0.2) is 93.9 Å². The van der Waals surface area contributed by atoms with E-state index in [0.717, 1.165) is 57.7 Å². The third kappa shape index (κ3) is 5.63. The fourth-order valence-corrected chi connectivity index (χ4v) is 5.40. The van der Waals surface area contributed by atoms with Crippen LogP contribution in [0.25, 0.3) is 11.2 Å². The van der Waals surface area contributed by atoms with Crippen molar-refractivity contribution in [3.8, 4) is 6.01 Å². The molecule has 12 nitrogen and oxygen atoms in total. The summed E-state index contributed by atoms with van der Waals surface area (Å²) in [6.45, 7) is 10.9. The molecule has 1 spiro atoms. The Kier molecular flexibility index (Phi) is 7.87. The average Bonchev–Trinajstić information content (AvgIpc) is 3.23. The number of esters is 1. The van der Waals surface area contributed by atoms with E-state index in [-0.39, 0.29) is 24.0 Å². The van der Waals surface area contributed by atoms with Gasteiger partial charge in [-0.2, -0.15) is 9.97 Å². The highest BCUT2D eigenvalue weighted by atomic mass is 16.5. The van der Waals surface area contributed by atoms with Gasteiger partial charge in [0.05, 0.1) is 32.4 Å². The van der Waals surface area contributed by atoms with Crippen molar-refractivity contribution < 1.29 is 19.0 Å². The lowest BCUT2D eigenvalue weighted by Gasteiger charge is -2.54. The number of fused-ring (bicyclic) bond motifs is 1. The molecule has 2 fully saturated rings. The van der Waals surface area contributed by atoms with E-state index < -0.39 is 11.7 Å². The quantitative estimate of drug-likeness (QED) is 0.288. The van der Waals surface area contributed by atoms with Gasteiger partial charge in [-0.3, -0.25) is 14.4 Å². The number of anilines is 1. The Hall–Kier alpha value is -3.48. The maximum Gasteiger partial charge on any atom is 0.338 e. The highest BCUT2D eigenvalue weighted by molar-refractivity contribution is 5.91. The molecule has 39 heavy (non-hydrogen) atoms. The number of likely N-dealkylation sites (tertiary alicyclic amines) is 1. The molecule has 0 radical (unpaired) electrons. The van der Waals surface area contributed by atoms with Crippen molar-refractivity contribution in [1.29, 1.82) is 0 Å². The van der Waals surface area contributed by atoms with Gasteiger partial charge in [0.25, 0.3) is 0 Å². The Balaban J connectivity index is 1.36. The SMILES string of the molecule is CCCCOc1nc(N)c2[nH]c(=O)n(Cc3ccc(CN4CC5(CN(CC)CCO5)C4)cc3C(=O)OC)c2n1. The number of nitrogens with two attached hydrogens (primary N) is 1. The summed E-state index contributed by atoms with van der Waals surface area (Å²) in [4.78, 5) is 41.7. The molecule has 0 unspecified atom stereocenters. The predicted molar refractivity (Wildman–Crippen MR) is 146 cm³/mol. The number of hydrogen-bond acceptors (Lipinski definition) is 10. The number of H-pyrrole nitrogens is 1. The highest BCUT2D eigenvalue weighted by Gasteiger charge is 2.46. The minimum Gasteiger partial charge on any atom is -0.465 e. The summed E-state index contributed by atoms with van der Waals surface area (Å²) < 4.78 is 18.3. The number of nitrogens with one attached hydrogen (secondary N) is 1. The van der Waals surface area contributed by atoms with Gasteiger partial charge in [-0.05, 0) is 30.2 Å². The molecule has 3 aromatic rings. The van der Waals surface area contributed by atoms with Crippen LogP contribution in [-0.2, 0) is 22.6 Å². The van der Waals surface area contributed by atoms with Gasteiger partial charge in [-0.25, -0.2) is 9.59 Å². The lowest BCUT2D eigenvalue weighted by atomic mass is 9.91. The van der Waals surface area contributed by atoms with E-state index in [1.807, 2.05) is 18.2 Å². The second kappa shape index (κ2) is 11.3. The third-order valence-corrected chi connectivity index (χ3v) is 7.47. The summed E-state index contributed by atoms with van der Waals surface area (Å²) in [6, 6.07) is 5.80. The zero-order valence-electron chi connectivity index (χ0n) is 22.9. The van der Waals surface area contributed by atoms with Crippen molar-refractivity contribution in [1.82, 2.24) is 29.3 Å². The number of carbonyl (C=O) groups excluding carboxylic acids is 1. The maximum absolute atomic E-state index is 12.9. The van der Waals surface area contributed by atoms with Crippen LogP contribution in [0.4, 0.5) is 5.82 Å². The van der Waals surface area contributed by atoms with E-state index in [9.17, 15) is 9.59 Å².